The molecule has 18 heavy (non-hydrogen) atoms. The van der Waals surface area contributed by atoms with Gasteiger partial charge in [0.15, 0.2) is 6.29 Å². The van der Waals surface area contributed by atoms with Crippen LogP contribution >= 0.6 is 46.4 Å². The molecule has 0 unspecified atom stereocenters. The van der Waals surface area contributed by atoms with Gasteiger partial charge in [0.2, 0.25) is 0 Å². The van der Waals surface area contributed by atoms with E-state index in [-0.39, 0.29) is 15.7 Å². The molecule has 0 atom stereocenters. The third-order valence-electron chi connectivity index (χ3n) is 2.32. The third-order valence-corrected chi connectivity index (χ3v) is 3.82. The van der Waals surface area contributed by atoms with Crippen LogP contribution in [0.15, 0.2) is 24.4 Å². The smallest absolute Gasteiger partial charge is 0.169 e. The van der Waals surface area contributed by atoms with E-state index in [1.165, 1.54) is 6.20 Å². The van der Waals surface area contributed by atoms with E-state index in [1.807, 2.05) is 0 Å². The van der Waals surface area contributed by atoms with Crippen LogP contribution in [0, 0.1) is 0 Å². The number of hydrogen-bond donors (Lipinski definition) is 0. The predicted molar refractivity (Wildman–Crippen MR) is 75.1 cm³/mol. The average molecular weight is 321 g/mol. The van der Waals surface area contributed by atoms with Gasteiger partial charge in [0.05, 0.1) is 20.1 Å². The van der Waals surface area contributed by atoms with Crippen molar-refractivity contribution >= 4 is 52.7 Å². The molecule has 0 aliphatic carbocycles. The molecule has 0 radical (unpaired) electrons. The molecule has 6 heteroatoms. The fraction of sp³-hybridized carbons (Fsp3) is 0. The zero-order valence-corrected chi connectivity index (χ0v) is 11.8. The minimum absolute atomic E-state index is 0.229. The molecule has 0 aliphatic rings. The first-order chi connectivity index (χ1) is 8.54. The average Bonchev–Trinajstić information content (AvgIpc) is 2.36. The second-order valence-electron chi connectivity index (χ2n) is 3.43. The number of carbonyl (C=O) groups excluding carboxylic acids is 1. The molecule has 2 nitrogen and oxygen atoms in total. The van der Waals surface area contributed by atoms with Crippen LogP contribution < -0.4 is 0 Å². The van der Waals surface area contributed by atoms with Crippen LogP contribution in [0.25, 0.3) is 11.1 Å². The molecular weight excluding hydrogens is 316 g/mol. The fourth-order valence-corrected chi connectivity index (χ4v) is 2.29. The van der Waals surface area contributed by atoms with Gasteiger partial charge in [0.1, 0.15) is 5.69 Å². The Morgan fingerprint density at radius 3 is 2.39 bits per heavy atom. The molecule has 0 spiro atoms. The molecule has 2 aromatic rings. The summed E-state index contributed by atoms with van der Waals surface area (Å²) in [6.45, 7) is 0. The van der Waals surface area contributed by atoms with Gasteiger partial charge in [-0.2, -0.15) is 0 Å². The van der Waals surface area contributed by atoms with Crippen LogP contribution in [0.1, 0.15) is 10.5 Å². The van der Waals surface area contributed by atoms with Crippen molar-refractivity contribution in [3.05, 3.63) is 50.2 Å². The van der Waals surface area contributed by atoms with Gasteiger partial charge in [-0.1, -0.05) is 52.5 Å². The van der Waals surface area contributed by atoms with Crippen molar-refractivity contribution in [3.63, 3.8) is 0 Å². The minimum atomic E-state index is 0.229. The molecule has 0 saturated heterocycles. The number of hydrogen-bond acceptors (Lipinski definition) is 2. The van der Waals surface area contributed by atoms with Crippen molar-refractivity contribution in [1.82, 2.24) is 4.98 Å². The van der Waals surface area contributed by atoms with E-state index in [1.54, 1.807) is 18.2 Å². The van der Waals surface area contributed by atoms with Crippen molar-refractivity contribution in [2.75, 3.05) is 0 Å². The van der Waals surface area contributed by atoms with Gasteiger partial charge in [-0.25, -0.2) is 0 Å². The van der Waals surface area contributed by atoms with E-state index in [0.717, 1.165) is 0 Å². The monoisotopic (exact) mass is 319 g/mol. The van der Waals surface area contributed by atoms with Gasteiger partial charge in [-0.3, -0.25) is 9.78 Å². The van der Waals surface area contributed by atoms with E-state index < -0.39 is 0 Å². The summed E-state index contributed by atoms with van der Waals surface area (Å²) in [7, 11) is 0. The van der Waals surface area contributed by atoms with E-state index in [4.69, 9.17) is 46.4 Å². The Morgan fingerprint density at radius 2 is 1.72 bits per heavy atom. The first-order valence-electron chi connectivity index (χ1n) is 4.79. The van der Waals surface area contributed by atoms with Gasteiger partial charge < -0.3 is 0 Å². The molecule has 0 amide bonds. The highest BCUT2D eigenvalue weighted by atomic mass is 35.5. The van der Waals surface area contributed by atoms with Crippen molar-refractivity contribution in [3.8, 4) is 11.1 Å². The molecule has 2 rings (SSSR count). The lowest BCUT2D eigenvalue weighted by molar-refractivity contribution is 0.111. The van der Waals surface area contributed by atoms with Crippen molar-refractivity contribution < 1.29 is 4.79 Å². The van der Waals surface area contributed by atoms with Gasteiger partial charge in [0.25, 0.3) is 0 Å². The lowest BCUT2D eigenvalue weighted by atomic mass is 10.0. The second kappa shape index (κ2) is 5.45. The zero-order chi connectivity index (χ0) is 13.3. The summed E-state index contributed by atoms with van der Waals surface area (Å²) >= 11 is 23.8. The van der Waals surface area contributed by atoms with Crippen LogP contribution in [0.3, 0.4) is 0 Å². The second-order valence-corrected chi connectivity index (χ2v) is 5.03. The molecule has 1 aromatic carbocycles. The standard InChI is InChI=1S/C12H5Cl4NO/c13-6-3-8(10(5-18)17-4-6)7-1-2-9(14)12(16)11(7)15/h1-5H. The van der Waals surface area contributed by atoms with Gasteiger partial charge in [0, 0.05) is 17.3 Å². The van der Waals surface area contributed by atoms with Gasteiger partial charge >= 0.3 is 0 Å². The maximum atomic E-state index is 11.0. The summed E-state index contributed by atoms with van der Waals surface area (Å²) in [6.07, 6.45) is 2.02. The van der Waals surface area contributed by atoms with E-state index >= 15 is 0 Å². The first kappa shape index (κ1) is 13.6. The summed E-state index contributed by atoms with van der Waals surface area (Å²) in [5, 5.41) is 1.23. The van der Waals surface area contributed by atoms with Crippen molar-refractivity contribution in [1.29, 1.82) is 0 Å². The minimum Gasteiger partial charge on any atom is -0.296 e. The lowest BCUT2D eigenvalue weighted by Crippen LogP contribution is -1.93. The maximum Gasteiger partial charge on any atom is 0.169 e. The number of halogens is 4. The Kier molecular flexibility index (Phi) is 4.13. The number of nitrogens with zero attached hydrogens (tertiary/aromatic N) is 1. The van der Waals surface area contributed by atoms with Gasteiger partial charge in [-0.15, -0.1) is 0 Å². The normalized spacial score (nSPS) is 10.4. The van der Waals surface area contributed by atoms with Crippen LogP contribution in [-0.2, 0) is 0 Å². The topological polar surface area (TPSA) is 30.0 Å². The Morgan fingerprint density at radius 1 is 1.00 bits per heavy atom. The van der Waals surface area contributed by atoms with Crippen LogP contribution in [0.5, 0.6) is 0 Å². The van der Waals surface area contributed by atoms with Crippen LogP contribution in [-0.4, -0.2) is 11.3 Å². The lowest BCUT2D eigenvalue weighted by Gasteiger charge is -2.09. The Balaban J connectivity index is 2.72. The van der Waals surface area contributed by atoms with E-state index in [2.05, 4.69) is 4.98 Å². The molecule has 1 aromatic heterocycles. The number of aldehydes is 1. The maximum absolute atomic E-state index is 11.0. The summed E-state index contributed by atoms with van der Waals surface area (Å²) in [4.78, 5) is 14.9. The molecule has 0 saturated carbocycles. The SMILES string of the molecule is O=Cc1ncc(Cl)cc1-c1ccc(Cl)c(Cl)c1Cl. The molecule has 0 aliphatic heterocycles. The summed E-state index contributed by atoms with van der Waals surface area (Å²) in [5.74, 6) is 0. The summed E-state index contributed by atoms with van der Waals surface area (Å²) in [6, 6.07) is 4.86. The number of aromatic nitrogens is 1. The highest BCUT2D eigenvalue weighted by Gasteiger charge is 2.14. The van der Waals surface area contributed by atoms with Crippen molar-refractivity contribution in [2.45, 2.75) is 0 Å². The molecular formula is C12H5Cl4NO. The quantitative estimate of drug-likeness (QED) is 0.564. The van der Waals surface area contributed by atoms with Crippen molar-refractivity contribution in [2.24, 2.45) is 0 Å². The molecule has 0 N–H and O–H groups in total. The highest BCUT2D eigenvalue weighted by molar-refractivity contribution is 6.49. The number of pyridine rings is 1. The molecule has 92 valence electrons. The predicted octanol–water partition coefficient (Wildman–Crippen LogP) is 5.17. The van der Waals surface area contributed by atoms with E-state index in [0.29, 0.717) is 27.5 Å². The summed E-state index contributed by atoms with van der Waals surface area (Å²) in [5.41, 5.74) is 1.31. The summed E-state index contributed by atoms with van der Waals surface area (Å²) < 4.78 is 0. The molecule has 0 bridgehead atoms. The fourth-order valence-electron chi connectivity index (χ4n) is 1.49. The molecule has 0 fully saturated rings. The largest absolute Gasteiger partial charge is 0.296 e. The first-order valence-corrected chi connectivity index (χ1v) is 6.30. The van der Waals surface area contributed by atoms with Crippen LogP contribution in [0.2, 0.25) is 20.1 Å². The Hall–Kier alpha value is -0.800. The van der Waals surface area contributed by atoms with Crippen LogP contribution in [0.4, 0.5) is 0 Å². The van der Waals surface area contributed by atoms with Gasteiger partial charge in [-0.05, 0) is 12.1 Å². The Bertz CT molecular complexity index is 628. The third kappa shape index (κ3) is 2.47. The number of rotatable bonds is 2. The van der Waals surface area contributed by atoms with E-state index in [9.17, 15) is 4.79 Å². The number of carbonyl (C=O) groups is 1. The number of benzene rings is 1. The molecule has 1 heterocycles. The zero-order valence-electron chi connectivity index (χ0n) is 8.75. The highest BCUT2D eigenvalue weighted by Crippen LogP contribution is 2.39. The Labute approximate surface area is 123 Å².